The minimum Gasteiger partial charge on any atom is -0.322 e. The summed E-state index contributed by atoms with van der Waals surface area (Å²) >= 11 is 0. The minimum absolute atomic E-state index is 0.151. The van der Waals surface area contributed by atoms with E-state index in [0.717, 1.165) is 11.1 Å². The second kappa shape index (κ2) is 6.66. The van der Waals surface area contributed by atoms with Crippen LogP contribution in [0, 0.1) is 12.8 Å². The van der Waals surface area contributed by atoms with E-state index in [1.54, 1.807) is 18.2 Å². The van der Waals surface area contributed by atoms with E-state index in [0.29, 0.717) is 17.7 Å². The molecule has 0 aliphatic carbocycles. The number of aryl methyl sites for hydroxylation is 1. The molecule has 3 rings (SSSR count). The first kappa shape index (κ1) is 15.9. The maximum Gasteiger partial charge on any atom is 0.255 e. The Morgan fingerprint density at radius 3 is 2.46 bits per heavy atom. The van der Waals surface area contributed by atoms with Gasteiger partial charge in [0, 0.05) is 17.7 Å². The number of benzene rings is 2. The highest BCUT2D eigenvalue weighted by molar-refractivity contribution is 6.05. The number of rotatable bonds is 4. The van der Waals surface area contributed by atoms with Gasteiger partial charge in [-0.3, -0.25) is 19.7 Å². The Bertz CT molecular complexity index is 797. The molecule has 24 heavy (non-hydrogen) atoms. The molecule has 5 nitrogen and oxygen atoms in total. The third-order valence-electron chi connectivity index (χ3n) is 4.15. The van der Waals surface area contributed by atoms with Gasteiger partial charge < -0.3 is 5.32 Å². The molecule has 3 amide bonds. The number of hydrogen-bond acceptors (Lipinski definition) is 3. The zero-order valence-corrected chi connectivity index (χ0v) is 13.3. The Balaban J connectivity index is 1.64. The molecule has 0 radical (unpaired) electrons. The quantitative estimate of drug-likeness (QED) is 0.849. The molecular formula is C19H18N2O3. The predicted octanol–water partition coefficient (Wildman–Crippen LogP) is 2.45. The largest absolute Gasteiger partial charge is 0.322 e. The molecule has 0 aromatic heterocycles. The fourth-order valence-electron chi connectivity index (χ4n) is 2.81. The van der Waals surface area contributed by atoms with Gasteiger partial charge in [-0.1, -0.05) is 30.3 Å². The van der Waals surface area contributed by atoms with Crippen molar-refractivity contribution in [2.24, 2.45) is 5.92 Å². The van der Waals surface area contributed by atoms with Crippen molar-refractivity contribution in [3.8, 4) is 0 Å². The first-order chi connectivity index (χ1) is 11.5. The maximum absolute atomic E-state index is 12.3. The Hall–Kier alpha value is -2.95. The summed E-state index contributed by atoms with van der Waals surface area (Å²) in [7, 11) is 0. The van der Waals surface area contributed by atoms with Crippen LogP contribution in [0.4, 0.5) is 5.69 Å². The van der Waals surface area contributed by atoms with Crippen LogP contribution in [0.25, 0.3) is 0 Å². The minimum atomic E-state index is -0.301. The standard InChI is InChI=1S/C19H18N2O3/c1-12-4-2-3-5-16(12)19(24)20-15-8-6-13(7-9-15)10-14-11-17(22)21-18(14)23/h2-9,14H,10-11H2,1H3,(H,20,24)(H,21,22,23). The van der Waals surface area contributed by atoms with Crippen LogP contribution in [-0.2, 0) is 16.0 Å². The fraction of sp³-hybridized carbons (Fsp3) is 0.211. The molecule has 0 saturated carbocycles. The molecule has 122 valence electrons. The van der Waals surface area contributed by atoms with Gasteiger partial charge in [0.1, 0.15) is 0 Å². The molecule has 2 N–H and O–H groups in total. The number of amides is 3. The van der Waals surface area contributed by atoms with Gasteiger partial charge in [-0.2, -0.15) is 0 Å². The smallest absolute Gasteiger partial charge is 0.255 e. The highest BCUT2D eigenvalue weighted by atomic mass is 16.2. The van der Waals surface area contributed by atoms with Crippen LogP contribution >= 0.6 is 0 Å². The molecule has 0 bridgehead atoms. The topological polar surface area (TPSA) is 75.3 Å². The number of carbonyl (C=O) groups is 3. The molecule has 1 aliphatic heterocycles. The van der Waals surface area contributed by atoms with Crippen LogP contribution in [0.5, 0.6) is 0 Å². The van der Waals surface area contributed by atoms with Crippen molar-refractivity contribution in [1.29, 1.82) is 0 Å². The van der Waals surface area contributed by atoms with Crippen LogP contribution < -0.4 is 10.6 Å². The van der Waals surface area contributed by atoms with Crippen molar-refractivity contribution in [1.82, 2.24) is 5.32 Å². The van der Waals surface area contributed by atoms with Crippen LogP contribution in [0.1, 0.15) is 27.9 Å². The van der Waals surface area contributed by atoms with Crippen molar-refractivity contribution in [2.45, 2.75) is 19.8 Å². The average molecular weight is 322 g/mol. The van der Waals surface area contributed by atoms with Crippen LogP contribution in [0.15, 0.2) is 48.5 Å². The lowest BCUT2D eigenvalue weighted by atomic mass is 9.98. The lowest BCUT2D eigenvalue weighted by Crippen LogP contribution is -2.22. The van der Waals surface area contributed by atoms with Crippen molar-refractivity contribution in [2.75, 3.05) is 5.32 Å². The number of nitrogens with one attached hydrogen (secondary N) is 2. The summed E-state index contributed by atoms with van der Waals surface area (Å²) in [6.45, 7) is 1.89. The zero-order valence-electron chi connectivity index (χ0n) is 13.3. The van der Waals surface area contributed by atoms with Gasteiger partial charge in [0.25, 0.3) is 5.91 Å². The van der Waals surface area contributed by atoms with Crippen LogP contribution in [-0.4, -0.2) is 17.7 Å². The first-order valence-electron chi connectivity index (χ1n) is 7.82. The average Bonchev–Trinajstić information content (AvgIpc) is 2.87. The lowest BCUT2D eigenvalue weighted by Gasteiger charge is -2.09. The van der Waals surface area contributed by atoms with E-state index in [4.69, 9.17) is 0 Å². The first-order valence-corrected chi connectivity index (χ1v) is 7.82. The fourth-order valence-corrected chi connectivity index (χ4v) is 2.81. The normalized spacial score (nSPS) is 16.8. The molecule has 1 unspecified atom stereocenters. The molecule has 1 saturated heterocycles. The number of imide groups is 1. The second-order valence-electron chi connectivity index (χ2n) is 5.98. The van der Waals surface area contributed by atoms with Crippen LogP contribution in [0.3, 0.4) is 0 Å². The third-order valence-corrected chi connectivity index (χ3v) is 4.15. The summed E-state index contributed by atoms with van der Waals surface area (Å²) in [5.74, 6) is -0.879. The summed E-state index contributed by atoms with van der Waals surface area (Å²) in [5.41, 5.74) is 3.21. The van der Waals surface area contributed by atoms with Gasteiger partial charge in [0.15, 0.2) is 0 Å². The summed E-state index contributed by atoms with van der Waals surface area (Å²) in [6, 6.07) is 14.7. The van der Waals surface area contributed by atoms with Gasteiger partial charge in [0.2, 0.25) is 11.8 Å². The molecular weight excluding hydrogens is 304 g/mol. The highest BCUT2D eigenvalue weighted by Crippen LogP contribution is 2.19. The molecule has 1 atom stereocenters. The Morgan fingerprint density at radius 1 is 1.12 bits per heavy atom. The molecule has 2 aromatic carbocycles. The van der Waals surface area contributed by atoms with E-state index in [-0.39, 0.29) is 30.1 Å². The number of carbonyl (C=O) groups excluding carboxylic acids is 3. The highest BCUT2D eigenvalue weighted by Gasteiger charge is 2.30. The molecule has 1 heterocycles. The summed E-state index contributed by atoms with van der Waals surface area (Å²) in [5, 5.41) is 5.18. The van der Waals surface area contributed by atoms with Gasteiger partial charge in [-0.15, -0.1) is 0 Å². The van der Waals surface area contributed by atoms with Crippen molar-refractivity contribution < 1.29 is 14.4 Å². The van der Waals surface area contributed by atoms with Crippen LogP contribution in [0.2, 0.25) is 0 Å². The predicted molar refractivity (Wildman–Crippen MR) is 90.5 cm³/mol. The van der Waals surface area contributed by atoms with E-state index < -0.39 is 0 Å². The molecule has 1 aliphatic rings. The molecule has 1 fully saturated rings. The summed E-state index contributed by atoms with van der Waals surface area (Å²) in [6.07, 6.45) is 0.758. The lowest BCUT2D eigenvalue weighted by molar-refractivity contribution is -0.125. The van der Waals surface area contributed by atoms with E-state index in [1.807, 2.05) is 37.3 Å². The zero-order chi connectivity index (χ0) is 17.1. The Labute approximate surface area is 140 Å². The molecule has 5 heteroatoms. The number of anilines is 1. The summed E-state index contributed by atoms with van der Waals surface area (Å²) < 4.78 is 0. The van der Waals surface area contributed by atoms with E-state index >= 15 is 0 Å². The number of hydrogen-bond donors (Lipinski definition) is 2. The van der Waals surface area contributed by atoms with E-state index in [9.17, 15) is 14.4 Å². The Morgan fingerprint density at radius 2 is 1.83 bits per heavy atom. The van der Waals surface area contributed by atoms with Crippen molar-refractivity contribution in [3.63, 3.8) is 0 Å². The van der Waals surface area contributed by atoms with Crippen molar-refractivity contribution >= 4 is 23.4 Å². The second-order valence-corrected chi connectivity index (χ2v) is 5.98. The van der Waals surface area contributed by atoms with E-state index in [1.165, 1.54) is 0 Å². The SMILES string of the molecule is Cc1ccccc1C(=O)Nc1ccc(CC2CC(=O)NC2=O)cc1. The summed E-state index contributed by atoms with van der Waals surface area (Å²) in [4.78, 5) is 35.1. The van der Waals surface area contributed by atoms with Gasteiger partial charge in [-0.25, -0.2) is 0 Å². The Kier molecular flexibility index (Phi) is 4.42. The maximum atomic E-state index is 12.3. The molecule has 0 spiro atoms. The monoisotopic (exact) mass is 322 g/mol. The van der Waals surface area contributed by atoms with Gasteiger partial charge in [-0.05, 0) is 42.7 Å². The van der Waals surface area contributed by atoms with E-state index in [2.05, 4.69) is 10.6 Å². The van der Waals surface area contributed by atoms with Gasteiger partial charge >= 0.3 is 0 Å². The molecule has 2 aromatic rings. The van der Waals surface area contributed by atoms with Crippen molar-refractivity contribution in [3.05, 3.63) is 65.2 Å². The third kappa shape index (κ3) is 3.51. The van der Waals surface area contributed by atoms with Gasteiger partial charge in [0.05, 0.1) is 5.92 Å².